The summed E-state index contributed by atoms with van der Waals surface area (Å²) in [7, 11) is 0. The lowest BCUT2D eigenvalue weighted by Gasteiger charge is -2.42. The number of amides is 1. The molecule has 1 amide bonds. The zero-order valence-corrected chi connectivity index (χ0v) is 11.6. The van der Waals surface area contributed by atoms with Gasteiger partial charge in [0.15, 0.2) is 6.61 Å². The summed E-state index contributed by atoms with van der Waals surface area (Å²) in [5.41, 5.74) is 5.86. The maximum atomic E-state index is 13.4. The van der Waals surface area contributed by atoms with Crippen molar-refractivity contribution in [3.63, 3.8) is 0 Å². The van der Waals surface area contributed by atoms with Crippen molar-refractivity contribution in [2.24, 2.45) is 5.73 Å². The predicted molar refractivity (Wildman–Crippen MR) is 73.4 cm³/mol. The molecule has 2 heterocycles. The number of hydrogen-bond acceptors (Lipinski definition) is 5. The lowest BCUT2D eigenvalue weighted by atomic mass is 9.80. The first-order valence-electron chi connectivity index (χ1n) is 7.02. The summed E-state index contributed by atoms with van der Waals surface area (Å²) in [6.07, 6.45) is 3.65. The number of nitrogens with two attached hydrogens (primary N) is 1. The molecule has 21 heavy (non-hydrogen) atoms. The average molecular weight is 295 g/mol. The van der Waals surface area contributed by atoms with E-state index < -0.39 is 11.4 Å². The van der Waals surface area contributed by atoms with Crippen molar-refractivity contribution in [2.75, 3.05) is 18.1 Å². The summed E-state index contributed by atoms with van der Waals surface area (Å²) in [4.78, 5) is 17.6. The maximum absolute atomic E-state index is 13.4. The number of aliphatic hydroxyl groups excluding tert-OH is 1. The van der Waals surface area contributed by atoms with Crippen molar-refractivity contribution in [2.45, 2.75) is 37.3 Å². The highest BCUT2D eigenvalue weighted by Crippen LogP contribution is 2.37. The van der Waals surface area contributed by atoms with Crippen LogP contribution in [0.4, 0.5) is 10.1 Å². The normalized spacial score (nSPS) is 29.0. The number of pyridine rings is 1. The average Bonchev–Trinajstić information content (AvgIpc) is 2.48. The molecule has 1 aliphatic carbocycles. The molecule has 114 valence electrons. The number of anilines is 1. The standard InChI is InChI=1S/C14H18FN3O3/c15-9-5-11-13(17-6-9)21-7-12(20)18(11)10-1-3-14(16,8-19)4-2-10/h5-6,10,19H,1-4,7-8,16H2. The van der Waals surface area contributed by atoms with Crippen molar-refractivity contribution in [1.82, 2.24) is 4.98 Å². The molecule has 0 aromatic carbocycles. The molecule has 0 spiro atoms. The second-order valence-corrected chi connectivity index (χ2v) is 5.78. The van der Waals surface area contributed by atoms with Crippen LogP contribution in [0.3, 0.4) is 0 Å². The first kappa shape index (κ1) is 14.2. The van der Waals surface area contributed by atoms with E-state index in [1.165, 1.54) is 6.07 Å². The molecule has 1 aromatic heterocycles. The van der Waals surface area contributed by atoms with Gasteiger partial charge in [0.2, 0.25) is 5.88 Å². The van der Waals surface area contributed by atoms with Gasteiger partial charge in [0, 0.05) is 17.6 Å². The summed E-state index contributed by atoms with van der Waals surface area (Å²) < 4.78 is 18.7. The molecule has 0 atom stereocenters. The lowest BCUT2D eigenvalue weighted by Crippen LogP contribution is -2.53. The molecule has 7 heteroatoms. The number of nitrogens with zero attached hydrogens (tertiary/aromatic N) is 2. The fourth-order valence-electron chi connectivity index (χ4n) is 3.03. The van der Waals surface area contributed by atoms with Crippen molar-refractivity contribution in [3.8, 4) is 5.88 Å². The Hall–Kier alpha value is -1.73. The number of halogens is 1. The molecule has 0 bridgehead atoms. The first-order chi connectivity index (χ1) is 10.0. The topological polar surface area (TPSA) is 88.7 Å². The van der Waals surface area contributed by atoms with Crippen molar-refractivity contribution in [3.05, 3.63) is 18.1 Å². The number of aliphatic hydroxyl groups is 1. The Morgan fingerprint density at radius 1 is 1.52 bits per heavy atom. The quantitative estimate of drug-likeness (QED) is 0.833. The number of fused-ring (bicyclic) bond motifs is 1. The molecule has 1 saturated carbocycles. The zero-order chi connectivity index (χ0) is 15.0. The van der Waals surface area contributed by atoms with Crippen LogP contribution in [0.5, 0.6) is 5.88 Å². The maximum Gasteiger partial charge on any atom is 0.265 e. The number of hydrogen-bond donors (Lipinski definition) is 2. The molecule has 3 rings (SSSR count). The number of rotatable bonds is 2. The van der Waals surface area contributed by atoms with Gasteiger partial charge in [-0.25, -0.2) is 9.37 Å². The third-order valence-corrected chi connectivity index (χ3v) is 4.29. The second-order valence-electron chi connectivity index (χ2n) is 5.78. The highest BCUT2D eigenvalue weighted by atomic mass is 19.1. The molecular formula is C14H18FN3O3. The van der Waals surface area contributed by atoms with Gasteiger partial charge < -0.3 is 20.5 Å². The van der Waals surface area contributed by atoms with Crippen LogP contribution < -0.4 is 15.4 Å². The fourth-order valence-corrected chi connectivity index (χ4v) is 3.03. The van der Waals surface area contributed by atoms with Crippen molar-refractivity contribution in [1.29, 1.82) is 0 Å². The molecular weight excluding hydrogens is 277 g/mol. The van der Waals surface area contributed by atoms with Gasteiger partial charge in [0.1, 0.15) is 11.5 Å². The van der Waals surface area contributed by atoms with Gasteiger partial charge in [0.05, 0.1) is 12.8 Å². The fraction of sp³-hybridized carbons (Fsp3) is 0.571. The second kappa shape index (κ2) is 5.23. The van der Waals surface area contributed by atoms with Crippen LogP contribution in [0.15, 0.2) is 12.3 Å². The van der Waals surface area contributed by atoms with Gasteiger partial charge in [0.25, 0.3) is 5.91 Å². The van der Waals surface area contributed by atoms with Gasteiger partial charge in [-0.2, -0.15) is 0 Å². The Bertz CT molecular complexity index is 558. The minimum absolute atomic E-state index is 0.0630. The number of carbonyl (C=O) groups excluding carboxylic acids is 1. The molecule has 6 nitrogen and oxygen atoms in total. The van der Waals surface area contributed by atoms with Crippen LogP contribution in [0, 0.1) is 5.82 Å². The van der Waals surface area contributed by atoms with Crippen LogP contribution in [0.1, 0.15) is 25.7 Å². The Morgan fingerprint density at radius 2 is 2.24 bits per heavy atom. The Morgan fingerprint density at radius 3 is 2.90 bits per heavy atom. The minimum Gasteiger partial charge on any atom is -0.466 e. The van der Waals surface area contributed by atoms with E-state index in [1.54, 1.807) is 4.90 Å². The summed E-state index contributed by atoms with van der Waals surface area (Å²) in [5, 5.41) is 9.31. The van der Waals surface area contributed by atoms with Crippen LogP contribution >= 0.6 is 0 Å². The van der Waals surface area contributed by atoms with Gasteiger partial charge in [-0.05, 0) is 25.7 Å². The predicted octanol–water partition coefficient (Wildman–Crippen LogP) is 0.578. The van der Waals surface area contributed by atoms with Crippen molar-refractivity contribution >= 4 is 11.6 Å². The van der Waals surface area contributed by atoms with Crippen LogP contribution in [-0.2, 0) is 4.79 Å². The molecule has 1 aromatic rings. The van der Waals surface area contributed by atoms with Crippen molar-refractivity contribution < 1.29 is 19.0 Å². The van der Waals surface area contributed by atoms with E-state index in [1.807, 2.05) is 0 Å². The third-order valence-electron chi connectivity index (χ3n) is 4.29. The van der Waals surface area contributed by atoms with Gasteiger partial charge in [-0.1, -0.05) is 0 Å². The molecule has 0 unspecified atom stereocenters. The zero-order valence-electron chi connectivity index (χ0n) is 11.6. The lowest BCUT2D eigenvalue weighted by molar-refractivity contribution is -0.122. The minimum atomic E-state index is -0.575. The van der Waals surface area contributed by atoms with E-state index in [0.29, 0.717) is 31.4 Å². The monoisotopic (exact) mass is 295 g/mol. The van der Waals surface area contributed by atoms with E-state index in [4.69, 9.17) is 10.5 Å². The largest absolute Gasteiger partial charge is 0.466 e. The van der Waals surface area contributed by atoms with Crippen LogP contribution in [0.25, 0.3) is 0 Å². The number of aromatic nitrogens is 1. The van der Waals surface area contributed by atoms with E-state index >= 15 is 0 Å². The van der Waals surface area contributed by atoms with E-state index in [2.05, 4.69) is 4.98 Å². The molecule has 0 radical (unpaired) electrons. The van der Waals surface area contributed by atoms with Gasteiger partial charge in [-0.15, -0.1) is 0 Å². The molecule has 1 aliphatic heterocycles. The number of ether oxygens (including phenoxy) is 1. The van der Waals surface area contributed by atoms with Gasteiger partial charge >= 0.3 is 0 Å². The first-order valence-corrected chi connectivity index (χ1v) is 7.02. The Kier molecular flexibility index (Phi) is 3.54. The van der Waals surface area contributed by atoms with Gasteiger partial charge in [-0.3, -0.25) is 4.79 Å². The van der Waals surface area contributed by atoms with E-state index in [0.717, 1.165) is 6.20 Å². The summed E-state index contributed by atoms with van der Waals surface area (Å²) in [6, 6.07) is 1.21. The SMILES string of the molecule is NC1(CO)CCC(N2C(=O)COc3ncc(F)cc32)CC1. The molecule has 1 fully saturated rings. The highest BCUT2D eigenvalue weighted by molar-refractivity contribution is 5.97. The summed E-state index contributed by atoms with van der Waals surface area (Å²) in [5.74, 6) is -0.424. The Balaban J connectivity index is 1.86. The molecule has 3 N–H and O–H groups in total. The highest BCUT2D eigenvalue weighted by Gasteiger charge is 2.38. The summed E-state index contributed by atoms with van der Waals surface area (Å²) in [6.45, 7) is -0.153. The Labute approximate surface area is 121 Å². The number of carbonyl (C=O) groups is 1. The van der Waals surface area contributed by atoms with Crippen LogP contribution in [0.2, 0.25) is 0 Å². The molecule has 2 aliphatic rings. The smallest absolute Gasteiger partial charge is 0.265 e. The molecule has 0 saturated heterocycles. The van der Waals surface area contributed by atoms with E-state index in [9.17, 15) is 14.3 Å². The summed E-state index contributed by atoms with van der Waals surface area (Å²) >= 11 is 0. The van der Waals surface area contributed by atoms with Crippen LogP contribution in [-0.4, -0.2) is 40.8 Å². The van der Waals surface area contributed by atoms with E-state index in [-0.39, 0.29) is 31.0 Å². The third kappa shape index (κ3) is 2.58.